The Balaban J connectivity index is 1.42. The van der Waals surface area contributed by atoms with Gasteiger partial charge in [-0.05, 0) is 62.6 Å². The van der Waals surface area contributed by atoms with E-state index in [0.717, 1.165) is 23.5 Å². The van der Waals surface area contributed by atoms with Crippen molar-refractivity contribution in [3.8, 4) is 10.4 Å². The lowest BCUT2D eigenvalue weighted by molar-refractivity contribution is -0.138. The molecule has 1 aromatic carbocycles. The van der Waals surface area contributed by atoms with E-state index in [1.165, 1.54) is 15.3 Å². The summed E-state index contributed by atoms with van der Waals surface area (Å²) in [7, 11) is 2.08. The average molecular weight is 574 g/mol. The Bertz CT molecular complexity index is 1200. The first-order valence-electron chi connectivity index (χ1n) is 13.9. The van der Waals surface area contributed by atoms with Gasteiger partial charge in [0.25, 0.3) is 5.91 Å². The Morgan fingerprint density at radius 3 is 2.67 bits per heavy atom. The summed E-state index contributed by atoms with van der Waals surface area (Å²) in [5.41, 5.74) is 2.63. The predicted molar refractivity (Wildman–Crippen MR) is 153 cm³/mol. The lowest BCUT2D eigenvalue weighted by atomic mass is 10.0. The van der Waals surface area contributed by atoms with Crippen LogP contribution in [0.2, 0.25) is 0 Å². The third kappa shape index (κ3) is 6.97. The van der Waals surface area contributed by atoms with Crippen molar-refractivity contribution in [3.05, 3.63) is 46.3 Å². The average Bonchev–Trinajstić information content (AvgIpc) is 3.58. The molecule has 2 aliphatic rings. The number of hydrogen-bond donors (Lipinski definition) is 1. The van der Waals surface area contributed by atoms with Crippen LogP contribution in [-0.2, 0) is 25.6 Å². The van der Waals surface area contributed by atoms with Gasteiger partial charge in [0.2, 0.25) is 5.91 Å². The molecular formula is C30H40FN3O5S. The highest BCUT2D eigenvalue weighted by atomic mass is 32.1. The van der Waals surface area contributed by atoms with Gasteiger partial charge in [-0.3, -0.25) is 19.3 Å². The zero-order valence-corrected chi connectivity index (χ0v) is 24.8. The number of ketones is 1. The minimum absolute atomic E-state index is 0.0981. The van der Waals surface area contributed by atoms with E-state index in [1.807, 2.05) is 32.9 Å². The molecule has 40 heavy (non-hydrogen) atoms. The molecule has 218 valence electrons. The van der Waals surface area contributed by atoms with Crippen LogP contribution < -0.4 is 5.32 Å². The molecule has 0 bridgehead atoms. The monoisotopic (exact) mass is 573 g/mol. The van der Waals surface area contributed by atoms with Gasteiger partial charge in [0.15, 0.2) is 5.78 Å². The highest BCUT2D eigenvalue weighted by molar-refractivity contribution is 7.15. The van der Waals surface area contributed by atoms with E-state index in [4.69, 9.17) is 9.47 Å². The molecule has 2 fully saturated rings. The number of benzene rings is 1. The van der Waals surface area contributed by atoms with Crippen molar-refractivity contribution in [2.75, 3.05) is 40.0 Å². The van der Waals surface area contributed by atoms with E-state index in [-0.39, 0.29) is 30.8 Å². The highest BCUT2D eigenvalue weighted by Gasteiger charge is 2.53. The Morgan fingerprint density at radius 1 is 1.27 bits per heavy atom. The van der Waals surface area contributed by atoms with Crippen LogP contribution in [0, 0.1) is 12.8 Å². The molecule has 0 aliphatic carbocycles. The maximum absolute atomic E-state index is 14.5. The summed E-state index contributed by atoms with van der Waals surface area (Å²) in [6.07, 6.45) is -1.96. The molecule has 0 unspecified atom stereocenters. The number of carbonyl (C=O) groups is 3. The number of aryl methyl sites for hydroxylation is 1. The number of fused-ring (bicyclic) bond motifs is 1. The van der Waals surface area contributed by atoms with Crippen LogP contribution in [-0.4, -0.2) is 91.7 Å². The van der Waals surface area contributed by atoms with E-state index in [2.05, 4.69) is 30.3 Å². The Labute approximate surface area is 239 Å². The number of alkyl halides is 1. The molecule has 1 aromatic heterocycles. The summed E-state index contributed by atoms with van der Waals surface area (Å²) < 4.78 is 25.2. The predicted octanol–water partition coefficient (Wildman–Crippen LogP) is 3.85. The molecule has 8 nitrogen and oxygen atoms in total. The first-order valence-corrected chi connectivity index (χ1v) is 14.8. The van der Waals surface area contributed by atoms with Crippen LogP contribution in [0.5, 0.6) is 0 Å². The SMILES string of the molecule is CCOCCN(C)Cc1cc(C)c(-c2ccc(C(=O)N[C@@H](CC(C)C)C(=O)N3C[C@H](F)[C@H]4OCC(=O)[C@H]43)cc2)s1. The molecule has 2 aromatic rings. The maximum atomic E-state index is 14.5. The van der Waals surface area contributed by atoms with Gasteiger partial charge in [-0.25, -0.2) is 4.39 Å². The number of likely N-dealkylation sites (tertiary alicyclic amines) is 1. The summed E-state index contributed by atoms with van der Waals surface area (Å²) in [4.78, 5) is 44.8. The van der Waals surface area contributed by atoms with Crippen molar-refractivity contribution >= 4 is 28.9 Å². The zero-order valence-electron chi connectivity index (χ0n) is 23.9. The molecular weight excluding hydrogens is 533 g/mol. The Kier molecular flexibility index (Phi) is 10.1. The minimum Gasteiger partial charge on any atom is -0.380 e. The van der Waals surface area contributed by atoms with Gasteiger partial charge in [-0.1, -0.05) is 26.0 Å². The van der Waals surface area contributed by atoms with Gasteiger partial charge in [0.1, 0.15) is 31.0 Å². The van der Waals surface area contributed by atoms with Gasteiger partial charge < -0.3 is 19.7 Å². The van der Waals surface area contributed by atoms with Gasteiger partial charge >= 0.3 is 0 Å². The van der Waals surface area contributed by atoms with Crippen molar-refractivity contribution < 1.29 is 28.2 Å². The number of amides is 2. The number of rotatable bonds is 12. The summed E-state index contributed by atoms with van der Waals surface area (Å²) in [6, 6.07) is 7.76. The summed E-state index contributed by atoms with van der Waals surface area (Å²) in [5, 5.41) is 2.85. The number of thiophene rings is 1. The fraction of sp³-hybridized carbons (Fsp3) is 0.567. The summed E-state index contributed by atoms with van der Waals surface area (Å²) >= 11 is 1.74. The second-order valence-corrected chi connectivity index (χ2v) is 12.2. The number of nitrogens with one attached hydrogen (secondary N) is 1. The Morgan fingerprint density at radius 2 is 2.00 bits per heavy atom. The largest absolute Gasteiger partial charge is 0.380 e. The van der Waals surface area contributed by atoms with E-state index >= 15 is 0 Å². The third-order valence-corrected chi connectivity index (χ3v) is 8.61. The standard InChI is InChI=1S/C30H40FN3O5S/c1-6-38-12-11-33(5)15-22-14-19(4)28(40-22)20-7-9-21(10-8-20)29(36)32-24(13-18(2)3)30(37)34-16-23(31)27-26(34)25(35)17-39-27/h7-10,14,18,23-24,26-27H,6,11-13,15-17H2,1-5H3,(H,32,36)/t23-,24-,26+,27+/m0/s1. The van der Waals surface area contributed by atoms with Crippen LogP contribution in [0.1, 0.15) is 48.0 Å². The van der Waals surface area contributed by atoms with E-state index in [1.54, 1.807) is 23.5 Å². The first-order chi connectivity index (χ1) is 19.1. The number of likely N-dealkylation sites (N-methyl/N-ethyl adjacent to an activating group) is 1. The molecule has 4 atom stereocenters. The Hall–Kier alpha value is -2.66. The molecule has 0 radical (unpaired) electrons. The maximum Gasteiger partial charge on any atom is 0.251 e. The fourth-order valence-electron chi connectivity index (χ4n) is 5.35. The molecule has 2 saturated heterocycles. The van der Waals surface area contributed by atoms with Gasteiger partial charge in [-0.2, -0.15) is 0 Å². The lowest BCUT2D eigenvalue weighted by Crippen LogP contribution is -2.52. The first kappa shape index (κ1) is 30.3. The quantitative estimate of drug-likeness (QED) is 0.388. The van der Waals surface area contributed by atoms with Crippen LogP contribution >= 0.6 is 11.3 Å². The number of Topliss-reactive ketones (excluding diaryl/α,β-unsaturated/α-hetero) is 1. The molecule has 0 spiro atoms. The van der Waals surface area contributed by atoms with Gasteiger partial charge in [0, 0.05) is 35.0 Å². The second-order valence-electron chi connectivity index (χ2n) is 11.1. The zero-order chi connectivity index (χ0) is 29.0. The lowest BCUT2D eigenvalue weighted by Gasteiger charge is -2.28. The van der Waals surface area contributed by atoms with Crippen LogP contribution in [0.3, 0.4) is 0 Å². The molecule has 2 aliphatic heterocycles. The number of nitrogens with zero attached hydrogens (tertiary/aromatic N) is 2. The normalized spacial score (nSPS) is 21.4. The molecule has 1 N–H and O–H groups in total. The number of ether oxygens (including phenoxy) is 2. The van der Waals surface area contributed by atoms with E-state index < -0.39 is 30.3 Å². The van der Waals surface area contributed by atoms with Crippen molar-refractivity contribution in [3.63, 3.8) is 0 Å². The van der Waals surface area contributed by atoms with E-state index in [9.17, 15) is 18.8 Å². The van der Waals surface area contributed by atoms with Crippen molar-refractivity contribution in [1.82, 2.24) is 15.1 Å². The minimum atomic E-state index is -1.42. The third-order valence-electron chi connectivity index (χ3n) is 7.34. The molecule has 0 saturated carbocycles. The van der Waals surface area contributed by atoms with Gasteiger partial charge in [-0.15, -0.1) is 11.3 Å². The number of carbonyl (C=O) groups excluding carboxylic acids is 3. The summed E-state index contributed by atoms with van der Waals surface area (Å²) in [5.74, 6) is -1.03. The van der Waals surface area contributed by atoms with Crippen LogP contribution in [0.25, 0.3) is 10.4 Å². The molecule has 4 rings (SSSR count). The topological polar surface area (TPSA) is 88.2 Å². The number of halogens is 1. The smallest absolute Gasteiger partial charge is 0.251 e. The molecule has 10 heteroatoms. The molecule has 2 amide bonds. The molecule has 3 heterocycles. The van der Waals surface area contributed by atoms with E-state index in [0.29, 0.717) is 25.2 Å². The van der Waals surface area contributed by atoms with Crippen molar-refractivity contribution in [2.24, 2.45) is 5.92 Å². The number of hydrogen-bond acceptors (Lipinski definition) is 7. The second kappa shape index (κ2) is 13.3. The van der Waals surface area contributed by atoms with Crippen molar-refractivity contribution in [1.29, 1.82) is 0 Å². The highest BCUT2D eigenvalue weighted by Crippen LogP contribution is 2.33. The van der Waals surface area contributed by atoms with Gasteiger partial charge in [0.05, 0.1) is 13.2 Å². The van der Waals surface area contributed by atoms with Crippen molar-refractivity contribution in [2.45, 2.75) is 65.0 Å². The summed E-state index contributed by atoms with van der Waals surface area (Å²) in [6.45, 7) is 10.7. The van der Waals surface area contributed by atoms with Crippen LogP contribution in [0.4, 0.5) is 4.39 Å². The van der Waals surface area contributed by atoms with Crippen LogP contribution in [0.15, 0.2) is 30.3 Å². The fourth-order valence-corrected chi connectivity index (χ4v) is 6.61.